The van der Waals surface area contributed by atoms with Crippen molar-refractivity contribution in [2.45, 2.75) is 13.0 Å². The van der Waals surface area contributed by atoms with E-state index >= 15 is 0 Å². The molecule has 7 heteroatoms. The molecule has 22 heavy (non-hydrogen) atoms. The van der Waals surface area contributed by atoms with Crippen molar-refractivity contribution in [3.63, 3.8) is 0 Å². The number of hydrogen-bond donors (Lipinski definition) is 1. The van der Waals surface area contributed by atoms with E-state index < -0.39 is 11.9 Å². The fourth-order valence-electron chi connectivity index (χ4n) is 2.33. The molecule has 1 N–H and O–H groups in total. The van der Waals surface area contributed by atoms with Gasteiger partial charge in [0.05, 0.1) is 5.02 Å². The van der Waals surface area contributed by atoms with E-state index in [0.717, 1.165) is 13.1 Å². The number of aliphatic hydroxyl groups excluding tert-OH is 1. The van der Waals surface area contributed by atoms with Gasteiger partial charge in [0, 0.05) is 32.7 Å². The summed E-state index contributed by atoms with van der Waals surface area (Å²) in [6.45, 7) is 5.29. The van der Waals surface area contributed by atoms with Gasteiger partial charge in [-0.15, -0.1) is 0 Å². The topological polar surface area (TPSA) is 53.0 Å². The van der Waals surface area contributed by atoms with Gasteiger partial charge in [0.25, 0.3) is 5.91 Å². The summed E-state index contributed by atoms with van der Waals surface area (Å²) in [5, 5.41) is 9.54. The van der Waals surface area contributed by atoms with E-state index in [1.807, 2.05) is 0 Å². The summed E-state index contributed by atoms with van der Waals surface area (Å²) in [6.07, 6.45) is -0.949. The summed E-state index contributed by atoms with van der Waals surface area (Å²) >= 11 is 5.89. The predicted molar refractivity (Wildman–Crippen MR) is 81.6 cm³/mol. The van der Waals surface area contributed by atoms with Crippen LogP contribution in [0.3, 0.4) is 0 Å². The van der Waals surface area contributed by atoms with Gasteiger partial charge in [-0.3, -0.25) is 9.69 Å². The largest absolute Gasteiger partial charge is 0.491 e. The van der Waals surface area contributed by atoms with Gasteiger partial charge in [-0.05, 0) is 25.1 Å². The number of piperazine rings is 1. The maximum atomic E-state index is 12.9. The number of ether oxygens (including phenoxy) is 1. The molecule has 0 spiro atoms. The Hall–Kier alpha value is -1.37. The quantitative estimate of drug-likeness (QED) is 0.886. The number of halogens is 2. The molecular formula is C15H20ClFN2O3. The minimum absolute atomic E-state index is 0.228. The van der Waals surface area contributed by atoms with Gasteiger partial charge in [0.1, 0.15) is 24.3 Å². The molecule has 122 valence electrons. The zero-order chi connectivity index (χ0) is 16.1. The van der Waals surface area contributed by atoms with Crippen LogP contribution in [0.25, 0.3) is 0 Å². The van der Waals surface area contributed by atoms with Crippen LogP contribution in [0, 0.1) is 5.82 Å². The Labute approximate surface area is 134 Å². The number of amides is 1. The molecule has 1 saturated heterocycles. The predicted octanol–water partition coefficient (Wildman–Crippen LogP) is 1.38. The fraction of sp³-hybridized carbons (Fsp3) is 0.533. The summed E-state index contributed by atoms with van der Waals surface area (Å²) < 4.78 is 18.5. The first-order chi connectivity index (χ1) is 10.5. The lowest BCUT2D eigenvalue weighted by molar-refractivity contribution is -0.141. The maximum Gasteiger partial charge on any atom is 0.251 e. The molecule has 1 aromatic rings. The highest BCUT2D eigenvalue weighted by molar-refractivity contribution is 6.32. The van der Waals surface area contributed by atoms with Crippen LogP contribution in [0.5, 0.6) is 5.75 Å². The Morgan fingerprint density at radius 3 is 2.68 bits per heavy atom. The highest BCUT2D eigenvalue weighted by Gasteiger charge is 2.23. The van der Waals surface area contributed by atoms with Gasteiger partial charge in [0.15, 0.2) is 0 Å². The molecule has 1 aliphatic rings. The number of aliphatic hydroxyl groups is 1. The van der Waals surface area contributed by atoms with Crippen LogP contribution in [0.15, 0.2) is 18.2 Å². The molecular weight excluding hydrogens is 311 g/mol. The van der Waals surface area contributed by atoms with E-state index in [2.05, 4.69) is 4.90 Å². The molecule has 1 atom stereocenters. The second-order valence-corrected chi connectivity index (χ2v) is 5.67. The molecule has 0 bridgehead atoms. The van der Waals surface area contributed by atoms with E-state index in [0.29, 0.717) is 32.0 Å². The van der Waals surface area contributed by atoms with Crippen molar-refractivity contribution >= 4 is 17.5 Å². The van der Waals surface area contributed by atoms with E-state index in [9.17, 15) is 14.3 Å². The summed E-state index contributed by atoms with van der Waals surface area (Å²) in [4.78, 5) is 15.5. The Morgan fingerprint density at radius 2 is 2.09 bits per heavy atom. The first-order valence-electron chi connectivity index (χ1n) is 7.24. The standard InChI is InChI=1S/C15H20ClFN2O3/c1-11(20)15(21)19-6-4-18(5-7-19)8-9-22-14-3-2-12(17)10-13(14)16/h2-3,10-11,20H,4-9H2,1H3. The Bertz CT molecular complexity index is 520. The highest BCUT2D eigenvalue weighted by atomic mass is 35.5. The molecule has 0 aromatic heterocycles. The molecule has 1 aliphatic heterocycles. The number of nitrogens with zero attached hydrogens (tertiary/aromatic N) is 2. The summed E-state index contributed by atoms with van der Waals surface area (Å²) in [5.41, 5.74) is 0. The third-order valence-electron chi connectivity index (χ3n) is 3.60. The molecule has 2 rings (SSSR count). The van der Waals surface area contributed by atoms with Gasteiger partial charge in [0.2, 0.25) is 0 Å². The number of hydrogen-bond acceptors (Lipinski definition) is 4. The average Bonchev–Trinajstić information content (AvgIpc) is 2.49. The van der Waals surface area contributed by atoms with Crippen LogP contribution in [-0.4, -0.2) is 66.2 Å². The monoisotopic (exact) mass is 330 g/mol. The van der Waals surface area contributed by atoms with Crippen LogP contribution in [0.1, 0.15) is 6.92 Å². The molecule has 0 radical (unpaired) electrons. The zero-order valence-corrected chi connectivity index (χ0v) is 13.2. The molecule has 5 nitrogen and oxygen atoms in total. The Morgan fingerprint density at radius 1 is 1.41 bits per heavy atom. The first kappa shape index (κ1) is 17.0. The lowest BCUT2D eigenvalue weighted by atomic mass is 10.2. The fourth-order valence-corrected chi connectivity index (χ4v) is 2.55. The second-order valence-electron chi connectivity index (χ2n) is 5.27. The van der Waals surface area contributed by atoms with Gasteiger partial charge in [-0.2, -0.15) is 0 Å². The van der Waals surface area contributed by atoms with Crippen molar-refractivity contribution < 1.29 is 19.0 Å². The third-order valence-corrected chi connectivity index (χ3v) is 3.90. The Kier molecular flexibility index (Phi) is 5.99. The van der Waals surface area contributed by atoms with E-state index in [-0.39, 0.29) is 10.9 Å². The van der Waals surface area contributed by atoms with Gasteiger partial charge < -0.3 is 14.7 Å². The van der Waals surface area contributed by atoms with Crippen molar-refractivity contribution in [3.05, 3.63) is 29.0 Å². The molecule has 0 aliphatic carbocycles. The molecule has 1 aromatic carbocycles. The number of rotatable bonds is 5. The summed E-state index contributed by atoms with van der Waals surface area (Å²) in [5.74, 6) is -0.156. The molecule has 0 saturated carbocycles. The van der Waals surface area contributed by atoms with Crippen LogP contribution in [-0.2, 0) is 4.79 Å². The molecule has 1 unspecified atom stereocenters. The maximum absolute atomic E-state index is 12.9. The minimum Gasteiger partial charge on any atom is -0.491 e. The number of benzene rings is 1. The van der Waals surface area contributed by atoms with Crippen molar-refractivity contribution in [1.29, 1.82) is 0 Å². The third kappa shape index (κ3) is 4.56. The van der Waals surface area contributed by atoms with Crippen molar-refractivity contribution in [1.82, 2.24) is 9.80 Å². The van der Waals surface area contributed by atoms with E-state index in [1.165, 1.54) is 25.1 Å². The van der Waals surface area contributed by atoms with Crippen LogP contribution >= 0.6 is 11.6 Å². The SMILES string of the molecule is CC(O)C(=O)N1CCN(CCOc2ccc(F)cc2Cl)CC1. The van der Waals surface area contributed by atoms with Gasteiger partial charge >= 0.3 is 0 Å². The van der Waals surface area contributed by atoms with E-state index in [1.54, 1.807) is 4.90 Å². The average molecular weight is 331 g/mol. The smallest absolute Gasteiger partial charge is 0.251 e. The van der Waals surface area contributed by atoms with Crippen molar-refractivity contribution in [2.75, 3.05) is 39.3 Å². The highest BCUT2D eigenvalue weighted by Crippen LogP contribution is 2.24. The lowest BCUT2D eigenvalue weighted by Gasteiger charge is -2.35. The molecule has 1 fully saturated rings. The number of carbonyl (C=O) groups excluding carboxylic acids is 1. The summed E-state index contributed by atoms with van der Waals surface area (Å²) in [7, 11) is 0. The molecule has 1 heterocycles. The van der Waals surface area contributed by atoms with Gasteiger partial charge in [-0.1, -0.05) is 11.6 Å². The minimum atomic E-state index is -0.949. The van der Waals surface area contributed by atoms with Crippen LogP contribution in [0.2, 0.25) is 5.02 Å². The van der Waals surface area contributed by atoms with Crippen LogP contribution < -0.4 is 4.74 Å². The molecule has 1 amide bonds. The van der Waals surface area contributed by atoms with Crippen LogP contribution in [0.4, 0.5) is 4.39 Å². The lowest BCUT2D eigenvalue weighted by Crippen LogP contribution is -2.51. The van der Waals surface area contributed by atoms with Crippen molar-refractivity contribution in [3.8, 4) is 5.75 Å². The normalized spacial score (nSPS) is 17.4. The van der Waals surface area contributed by atoms with Gasteiger partial charge in [-0.25, -0.2) is 4.39 Å². The van der Waals surface area contributed by atoms with E-state index in [4.69, 9.17) is 16.3 Å². The second kappa shape index (κ2) is 7.76. The Balaban J connectivity index is 1.72. The summed E-state index contributed by atoms with van der Waals surface area (Å²) in [6, 6.07) is 4.04. The van der Waals surface area contributed by atoms with Crippen molar-refractivity contribution in [2.24, 2.45) is 0 Å². The number of carbonyl (C=O) groups is 1. The zero-order valence-electron chi connectivity index (χ0n) is 12.5. The first-order valence-corrected chi connectivity index (χ1v) is 7.62.